The second-order valence-corrected chi connectivity index (χ2v) is 8.00. The molecular formula is C26H29N3O. The highest BCUT2D eigenvalue weighted by atomic mass is 16.1. The van der Waals surface area contributed by atoms with Gasteiger partial charge in [-0.05, 0) is 72.7 Å². The molecule has 4 rings (SSSR count). The van der Waals surface area contributed by atoms with Crippen LogP contribution in [-0.4, -0.2) is 24.0 Å². The number of pyridine rings is 1. The number of nitrogens with one attached hydrogen (secondary N) is 1. The molecule has 30 heavy (non-hydrogen) atoms. The summed E-state index contributed by atoms with van der Waals surface area (Å²) in [5.74, 6) is -0.0527. The average Bonchev–Trinajstić information content (AvgIpc) is 3.33. The van der Waals surface area contributed by atoms with Crippen LogP contribution in [0.15, 0.2) is 60.8 Å². The van der Waals surface area contributed by atoms with Gasteiger partial charge in [-0.15, -0.1) is 0 Å². The highest BCUT2D eigenvalue weighted by molar-refractivity contribution is 5.96. The lowest BCUT2D eigenvalue weighted by Gasteiger charge is -2.20. The maximum absolute atomic E-state index is 13.0. The monoisotopic (exact) mass is 399 g/mol. The Kier molecular flexibility index (Phi) is 6.12. The van der Waals surface area contributed by atoms with Crippen molar-refractivity contribution in [1.82, 2.24) is 10.3 Å². The maximum atomic E-state index is 13.0. The van der Waals surface area contributed by atoms with Crippen molar-refractivity contribution in [3.8, 4) is 11.1 Å². The number of amides is 1. The summed E-state index contributed by atoms with van der Waals surface area (Å²) in [6, 6.07) is 18.9. The zero-order valence-corrected chi connectivity index (χ0v) is 17.8. The lowest BCUT2D eigenvalue weighted by atomic mass is 9.99. The summed E-state index contributed by atoms with van der Waals surface area (Å²) in [7, 11) is 0. The van der Waals surface area contributed by atoms with Crippen LogP contribution in [0, 0.1) is 6.92 Å². The Labute approximate surface area is 179 Å². The molecular weight excluding hydrogens is 370 g/mol. The van der Waals surface area contributed by atoms with Crippen molar-refractivity contribution in [1.29, 1.82) is 0 Å². The molecule has 3 aromatic rings. The van der Waals surface area contributed by atoms with Gasteiger partial charge in [0.05, 0.1) is 0 Å². The fourth-order valence-electron chi connectivity index (χ4n) is 3.89. The SMILES string of the molecule is CCc1ccc(-c2cc(C(=O)NCc3ccc(C)nc3)cc(N3CCCC3)c2)cc1. The van der Waals surface area contributed by atoms with Gasteiger partial charge in [-0.2, -0.15) is 0 Å². The zero-order chi connectivity index (χ0) is 20.9. The predicted molar refractivity (Wildman–Crippen MR) is 123 cm³/mol. The standard InChI is InChI=1S/C26H29N3O/c1-3-20-8-10-22(11-9-20)23-14-24(16-25(15-23)29-12-4-5-13-29)26(30)28-18-21-7-6-19(2)27-17-21/h6-11,14-17H,3-5,12-13,18H2,1-2H3,(H,28,30). The van der Waals surface area contributed by atoms with E-state index in [0.717, 1.165) is 47.6 Å². The third kappa shape index (κ3) is 4.70. The van der Waals surface area contributed by atoms with Gasteiger partial charge in [-0.3, -0.25) is 9.78 Å². The van der Waals surface area contributed by atoms with Crippen LogP contribution in [0.4, 0.5) is 5.69 Å². The number of anilines is 1. The molecule has 0 bridgehead atoms. The fraction of sp³-hybridized carbons (Fsp3) is 0.308. The minimum Gasteiger partial charge on any atom is -0.371 e. The van der Waals surface area contributed by atoms with E-state index >= 15 is 0 Å². The molecule has 0 spiro atoms. The minimum absolute atomic E-state index is 0.0527. The van der Waals surface area contributed by atoms with Crippen molar-refractivity contribution in [3.63, 3.8) is 0 Å². The molecule has 1 saturated heterocycles. The van der Waals surface area contributed by atoms with Crippen LogP contribution in [-0.2, 0) is 13.0 Å². The molecule has 1 N–H and O–H groups in total. The Hall–Kier alpha value is -3.14. The van der Waals surface area contributed by atoms with E-state index in [1.54, 1.807) is 0 Å². The molecule has 4 nitrogen and oxygen atoms in total. The lowest BCUT2D eigenvalue weighted by molar-refractivity contribution is 0.0951. The van der Waals surface area contributed by atoms with Gasteiger partial charge in [0.25, 0.3) is 5.91 Å². The number of rotatable bonds is 6. The first kappa shape index (κ1) is 20.1. The van der Waals surface area contributed by atoms with Crippen molar-refractivity contribution in [2.75, 3.05) is 18.0 Å². The van der Waals surface area contributed by atoms with Crippen LogP contribution in [0.25, 0.3) is 11.1 Å². The van der Waals surface area contributed by atoms with Gasteiger partial charge in [-0.1, -0.05) is 37.3 Å². The minimum atomic E-state index is -0.0527. The first-order chi connectivity index (χ1) is 14.6. The van der Waals surface area contributed by atoms with Gasteiger partial charge < -0.3 is 10.2 Å². The Balaban J connectivity index is 1.60. The summed E-state index contributed by atoms with van der Waals surface area (Å²) in [6.45, 7) is 6.69. The van der Waals surface area contributed by atoms with Crippen LogP contribution in [0.2, 0.25) is 0 Å². The topological polar surface area (TPSA) is 45.2 Å². The van der Waals surface area contributed by atoms with Crippen LogP contribution in [0.5, 0.6) is 0 Å². The summed E-state index contributed by atoms with van der Waals surface area (Å²) in [5, 5.41) is 3.05. The van der Waals surface area contributed by atoms with Crippen LogP contribution >= 0.6 is 0 Å². The highest BCUT2D eigenvalue weighted by Gasteiger charge is 2.16. The number of benzene rings is 2. The van der Waals surface area contributed by atoms with Crippen molar-refractivity contribution in [2.24, 2.45) is 0 Å². The second kappa shape index (κ2) is 9.12. The maximum Gasteiger partial charge on any atom is 0.251 e. The van der Waals surface area contributed by atoms with Gasteiger partial charge in [-0.25, -0.2) is 0 Å². The summed E-state index contributed by atoms with van der Waals surface area (Å²) in [6.07, 6.45) is 5.25. The van der Waals surface area contributed by atoms with Gasteiger partial charge in [0.15, 0.2) is 0 Å². The van der Waals surface area contributed by atoms with Crippen LogP contribution in [0.3, 0.4) is 0 Å². The third-order valence-corrected chi connectivity index (χ3v) is 5.77. The van der Waals surface area contributed by atoms with E-state index < -0.39 is 0 Å². The van der Waals surface area contributed by atoms with Gasteiger partial charge in [0, 0.05) is 42.8 Å². The van der Waals surface area contributed by atoms with Crippen molar-refractivity contribution >= 4 is 11.6 Å². The van der Waals surface area contributed by atoms with E-state index in [1.165, 1.54) is 18.4 Å². The Morgan fingerprint density at radius 3 is 2.37 bits per heavy atom. The smallest absolute Gasteiger partial charge is 0.251 e. The number of hydrogen-bond donors (Lipinski definition) is 1. The number of carbonyl (C=O) groups excluding carboxylic acids is 1. The number of aromatic nitrogens is 1. The summed E-state index contributed by atoms with van der Waals surface area (Å²) < 4.78 is 0. The van der Waals surface area contributed by atoms with Crippen molar-refractivity contribution in [3.05, 3.63) is 83.2 Å². The molecule has 1 aliphatic heterocycles. The highest BCUT2D eigenvalue weighted by Crippen LogP contribution is 2.29. The summed E-state index contributed by atoms with van der Waals surface area (Å²) in [5.41, 5.74) is 7.36. The van der Waals surface area contributed by atoms with Crippen molar-refractivity contribution < 1.29 is 4.79 Å². The fourth-order valence-corrected chi connectivity index (χ4v) is 3.89. The third-order valence-electron chi connectivity index (χ3n) is 5.77. The number of aryl methyl sites for hydroxylation is 2. The molecule has 1 aliphatic rings. The molecule has 0 saturated carbocycles. The number of nitrogens with zero attached hydrogens (tertiary/aromatic N) is 2. The number of hydrogen-bond acceptors (Lipinski definition) is 3. The van der Waals surface area contributed by atoms with Gasteiger partial charge in [0.2, 0.25) is 0 Å². The normalized spacial score (nSPS) is 13.5. The van der Waals surface area contributed by atoms with Crippen LogP contribution < -0.4 is 10.2 Å². The largest absolute Gasteiger partial charge is 0.371 e. The molecule has 2 aromatic carbocycles. The lowest BCUT2D eigenvalue weighted by Crippen LogP contribution is -2.24. The van der Waals surface area contributed by atoms with Crippen LogP contribution in [0.1, 0.15) is 46.9 Å². The predicted octanol–water partition coefficient (Wildman–Crippen LogP) is 5.15. The molecule has 0 atom stereocenters. The van der Waals surface area contributed by atoms with E-state index in [9.17, 15) is 4.79 Å². The molecule has 154 valence electrons. The van der Waals surface area contributed by atoms with Gasteiger partial charge in [0.1, 0.15) is 0 Å². The molecule has 0 unspecified atom stereocenters. The molecule has 2 heterocycles. The average molecular weight is 400 g/mol. The first-order valence-electron chi connectivity index (χ1n) is 10.8. The first-order valence-corrected chi connectivity index (χ1v) is 10.8. The molecule has 1 fully saturated rings. The zero-order valence-electron chi connectivity index (χ0n) is 17.8. The number of carbonyl (C=O) groups is 1. The Morgan fingerprint density at radius 1 is 0.967 bits per heavy atom. The Morgan fingerprint density at radius 2 is 1.70 bits per heavy atom. The van der Waals surface area contributed by atoms with E-state index in [4.69, 9.17) is 0 Å². The quantitative estimate of drug-likeness (QED) is 0.623. The van der Waals surface area contributed by atoms with Crippen molar-refractivity contribution in [2.45, 2.75) is 39.7 Å². The second-order valence-electron chi connectivity index (χ2n) is 8.00. The van der Waals surface area contributed by atoms with E-state index in [1.807, 2.05) is 37.4 Å². The molecule has 0 aliphatic carbocycles. The van der Waals surface area contributed by atoms with E-state index in [2.05, 4.69) is 52.5 Å². The molecule has 4 heteroatoms. The van der Waals surface area contributed by atoms with E-state index in [0.29, 0.717) is 12.1 Å². The van der Waals surface area contributed by atoms with E-state index in [-0.39, 0.29) is 5.91 Å². The van der Waals surface area contributed by atoms with Gasteiger partial charge >= 0.3 is 0 Å². The summed E-state index contributed by atoms with van der Waals surface area (Å²) in [4.78, 5) is 19.7. The summed E-state index contributed by atoms with van der Waals surface area (Å²) >= 11 is 0. The Bertz CT molecular complexity index is 1000. The molecule has 1 aromatic heterocycles. The molecule has 0 radical (unpaired) electrons. The molecule has 1 amide bonds.